The molecule has 0 bridgehead atoms. The van der Waals surface area contributed by atoms with Crippen LogP contribution in [0.2, 0.25) is 10.0 Å². The summed E-state index contributed by atoms with van der Waals surface area (Å²) in [5.41, 5.74) is 7.03. The van der Waals surface area contributed by atoms with E-state index in [2.05, 4.69) is 9.97 Å². The van der Waals surface area contributed by atoms with Crippen LogP contribution < -0.4 is 5.73 Å². The van der Waals surface area contributed by atoms with Gasteiger partial charge in [0.15, 0.2) is 0 Å². The van der Waals surface area contributed by atoms with Crippen molar-refractivity contribution in [3.8, 4) is 0 Å². The number of rotatable bonds is 2. The summed E-state index contributed by atoms with van der Waals surface area (Å²) in [5, 5.41) is 1.18. The van der Waals surface area contributed by atoms with Crippen molar-refractivity contribution in [2.24, 2.45) is 5.73 Å². The number of nitrogens with one attached hydrogen (secondary N) is 1. The average Bonchev–Trinajstić information content (AvgIpc) is 2.48. The summed E-state index contributed by atoms with van der Waals surface area (Å²) in [7, 11) is 0. The molecule has 0 amide bonds. The van der Waals surface area contributed by atoms with Gasteiger partial charge in [0, 0.05) is 11.4 Å². The minimum atomic E-state index is 0.561. The topological polar surface area (TPSA) is 54.7 Å². The predicted molar refractivity (Wildman–Crippen MR) is 58.9 cm³/mol. The first-order valence-corrected chi connectivity index (χ1v) is 5.00. The van der Waals surface area contributed by atoms with Crippen LogP contribution in [0.4, 0.5) is 0 Å². The highest BCUT2D eigenvalue weighted by molar-refractivity contribution is 6.38. The van der Waals surface area contributed by atoms with E-state index in [9.17, 15) is 0 Å². The van der Waals surface area contributed by atoms with Gasteiger partial charge < -0.3 is 10.7 Å². The fourth-order valence-corrected chi connectivity index (χ4v) is 1.87. The molecule has 5 heteroatoms. The Morgan fingerprint density at radius 1 is 1.36 bits per heavy atom. The zero-order chi connectivity index (χ0) is 10.1. The van der Waals surface area contributed by atoms with Crippen molar-refractivity contribution in [3.05, 3.63) is 28.0 Å². The average molecular weight is 230 g/mol. The van der Waals surface area contributed by atoms with Gasteiger partial charge in [-0.2, -0.15) is 0 Å². The number of imidazole rings is 1. The van der Waals surface area contributed by atoms with Gasteiger partial charge >= 0.3 is 0 Å². The second-order valence-electron chi connectivity index (χ2n) is 3.00. The molecule has 3 nitrogen and oxygen atoms in total. The van der Waals surface area contributed by atoms with E-state index >= 15 is 0 Å². The Morgan fingerprint density at radius 2 is 2.14 bits per heavy atom. The number of nitrogens with two attached hydrogens (primary N) is 1. The molecule has 3 N–H and O–H groups in total. The molecule has 1 aromatic heterocycles. The van der Waals surface area contributed by atoms with E-state index in [1.165, 1.54) is 0 Å². The molecule has 2 aromatic rings. The SMILES string of the molecule is NCCc1nc2cc(Cl)cc(Cl)c2[nH]1. The second-order valence-corrected chi connectivity index (χ2v) is 3.85. The third-order valence-electron chi connectivity index (χ3n) is 1.94. The molecule has 2 rings (SSSR count). The summed E-state index contributed by atoms with van der Waals surface area (Å²) in [4.78, 5) is 7.43. The van der Waals surface area contributed by atoms with Crippen LogP contribution in [0.1, 0.15) is 5.82 Å². The predicted octanol–water partition coefficient (Wildman–Crippen LogP) is 2.37. The van der Waals surface area contributed by atoms with Crippen molar-refractivity contribution < 1.29 is 0 Å². The van der Waals surface area contributed by atoms with Crippen LogP contribution in [0, 0.1) is 0 Å². The quantitative estimate of drug-likeness (QED) is 0.831. The number of aromatic amines is 1. The van der Waals surface area contributed by atoms with E-state index in [4.69, 9.17) is 28.9 Å². The van der Waals surface area contributed by atoms with Crippen LogP contribution in [0.15, 0.2) is 12.1 Å². The summed E-state index contributed by atoms with van der Waals surface area (Å²) >= 11 is 11.8. The van der Waals surface area contributed by atoms with Crippen molar-refractivity contribution in [2.75, 3.05) is 6.54 Å². The number of nitrogens with zero attached hydrogens (tertiary/aromatic N) is 1. The number of aromatic nitrogens is 2. The number of fused-ring (bicyclic) bond motifs is 1. The number of H-pyrrole nitrogens is 1. The van der Waals surface area contributed by atoms with Crippen LogP contribution in [-0.4, -0.2) is 16.5 Å². The van der Waals surface area contributed by atoms with Crippen LogP contribution in [0.25, 0.3) is 11.0 Å². The highest BCUT2D eigenvalue weighted by Crippen LogP contribution is 2.26. The maximum Gasteiger partial charge on any atom is 0.108 e. The van der Waals surface area contributed by atoms with Crippen molar-refractivity contribution >= 4 is 34.2 Å². The van der Waals surface area contributed by atoms with E-state index in [-0.39, 0.29) is 0 Å². The summed E-state index contributed by atoms with van der Waals surface area (Å²) in [5.74, 6) is 0.840. The molecule has 0 spiro atoms. The normalized spacial score (nSPS) is 11.1. The number of benzene rings is 1. The van der Waals surface area contributed by atoms with Gasteiger partial charge in [-0.25, -0.2) is 4.98 Å². The molecule has 1 aromatic carbocycles. The Labute approximate surface area is 91.2 Å². The molecule has 0 saturated carbocycles. The Morgan fingerprint density at radius 3 is 2.86 bits per heavy atom. The van der Waals surface area contributed by atoms with Gasteiger partial charge in [0.05, 0.1) is 16.1 Å². The minimum Gasteiger partial charge on any atom is -0.341 e. The lowest BCUT2D eigenvalue weighted by atomic mass is 10.3. The molecule has 0 aliphatic rings. The molecule has 1 heterocycles. The second kappa shape index (κ2) is 3.77. The van der Waals surface area contributed by atoms with Crippen molar-refractivity contribution in [1.82, 2.24) is 9.97 Å². The summed E-state index contributed by atoms with van der Waals surface area (Å²) in [6.45, 7) is 0.561. The smallest absolute Gasteiger partial charge is 0.108 e. The lowest BCUT2D eigenvalue weighted by molar-refractivity contribution is 0.900. The molecule has 0 fully saturated rings. The van der Waals surface area contributed by atoms with Gasteiger partial charge in [-0.05, 0) is 18.7 Å². The molecular formula is C9H9Cl2N3. The zero-order valence-electron chi connectivity index (χ0n) is 7.35. The van der Waals surface area contributed by atoms with Crippen LogP contribution >= 0.6 is 23.2 Å². The van der Waals surface area contributed by atoms with Gasteiger partial charge in [-0.15, -0.1) is 0 Å². The van der Waals surface area contributed by atoms with Crippen LogP contribution in [-0.2, 0) is 6.42 Å². The summed E-state index contributed by atoms with van der Waals surface area (Å²) in [6, 6.07) is 3.47. The van der Waals surface area contributed by atoms with Crippen molar-refractivity contribution in [3.63, 3.8) is 0 Å². The van der Waals surface area contributed by atoms with E-state index in [0.29, 0.717) is 23.0 Å². The highest BCUT2D eigenvalue weighted by Gasteiger charge is 2.06. The molecule has 0 radical (unpaired) electrons. The van der Waals surface area contributed by atoms with Crippen LogP contribution in [0.5, 0.6) is 0 Å². The lowest BCUT2D eigenvalue weighted by Gasteiger charge is -1.93. The molecular weight excluding hydrogens is 221 g/mol. The van der Waals surface area contributed by atoms with Crippen LogP contribution in [0.3, 0.4) is 0 Å². The molecule has 14 heavy (non-hydrogen) atoms. The molecule has 0 saturated heterocycles. The van der Waals surface area contributed by atoms with E-state index in [1.807, 2.05) is 0 Å². The zero-order valence-corrected chi connectivity index (χ0v) is 8.86. The molecule has 74 valence electrons. The van der Waals surface area contributed by atoms with Gasteiger partial charge in [-0.1, -0.05) is 23.2 Å². The van der Waals surface area contributed by atoms with E-state index in [1.54, 1.807) is 12.1 Å². The van der Waals surface area contributed by atoms with E-state index < -0.39 is 0 Å². The number of halogens is 2. The molecule has 0 aliphatic heterocycles. The Bertz CT molecular complexity index is 464. The standard InChI is InChI=1S/C9H9Cl2N3/c10-5-3-6(11)9-7(4-5)13-8(14-9)1-2-12/h3-4H,1-2,12H2,(H,13,14). The van der Waals surface area contributed by atoms with Gasteiger partial charge in [0.25, 0.3) is 0 Å². The Balaban J connectivity index is 2.58. The first kappa shape index (κ1) is 9.77. The summed E-state index contributed by atoms with van der Waals surface area (Å²) in [6.07, 6.45) is 0.711. The third kappa shape index (κ3) is 1.71. The van der Waals surface area contributed by atoms with Crippen molar-refractivity contribution in [2.45, 2.75) is 6.42 Å². The molecule has 0 unspecified atom stereocenters. The first-order chi connectivity index (χ1) is 6.70. The Kier molecular flexibility index (Phi) is 2.63. The fourth-order valence-electron chi connectivity index (χ4n) is 1.34. The number of hydrogen-bond donors (Lipinski definition) is 2. The Hall–Kier alpha value is -0.770. The fraction of sp³-hybridized carbons (Fsp3) is 0.222. The highest BCUT2D eigenvalue weighted by atomic mass is 35.5. The molecule has 0 atom stereocenters. The first-order valence-electron chi connectivity index (χ1n) is 4.24. The maximum atomic E-state index is 5.99. The van der Waals surface area contributed by atoms with Gasteiger partial charge in [0.1, 0.15) is 5.82 Å². The van der Waals surface area contributed by atoms with E-state index in [0.717, 1.165) is 16.9 Å². The maximum absolute atomic E-state index is 5.99. The minimum absolute atomic E-state index is 0.561. The summed E-state index contributed by atoms with van der Waals surface area (Å²) < 4.78 is 0. The number of hydrogen-bond acceptors (Lipinski definition) is 2. The monoisotopic (exact) mass is 229 g/mol. The lowest BCUT2D eigenvalue weighted by Crippen LogP contribution is -2.03. The van der Waals surface area contributed by atoms with Gasteiger partial charge in [0.2, 0.25) is 0 Å². The molecule has 0 aliphatic carbocycles. The third-order valence-corrected chi connectivity index (χ3v) is 2.46. The largest absolute Gasteiger partial charge is 0.341 e. The van der Waals surface area contributed by atoms with Crippen molar-refractivity contribution in [1.29, 1.82) is 0 Å². The van der Waals surface area contributed by atoms with Gasteiger partial charge in [-0.3, -0.25) is 0 Å².